The first kappa shape index (κ1) is 10.8. The molecule has 84 valence electrons. The van der Waals surface area contributed by atoms with Crippen LogP contribution < -0.4 is 5.32 Å². The minimum absolute atomic E-state index is 0.275. The van der Waals surface area contributed by atoms with Crippen molar-refractivity contribution in [3.63, 3.8) is 0 Å². The maximum absolute atomic E-state index is 3.75. The summed E-state index contributed by atoms with van der Waals surface area (Å²) in [5.74, 6) is 1.56. The van der Waals surface area contributed by atoms with Gasteiger partial charge in [-0.2, -0.15) is 0 Å². The molecule has 1 saturated heterocycles. The van der Waals surface area contributed by atoms with E-state index < -0.39 is 0 Å². The molecule has 1 N–H and O–H groups in total. The molecule has 2 unspecified atom stereocenters. The predicted octanol–water partition coefficient (Wildman–Crippen LogP) is 3.63. The van der Waals surface area contributed by atoms with Crippen LogP contribution in [0.15, 0.2) is 23.4 Å². The molecule has 0 amide bonds. The van der Waals surface area contributed by atoms with Crippen molar-refractivity contribution in [1.29, 1.82) is 0 Å². The fraction of sp³-hybridized carbons (Fsp3) is 0.714. The SMILES string of the molecule is CCC1=C2NC(C)(C)CC(C)C2CC=C1. The highest BCUT2D eigenvalue weighted by atomic mass is 15.0. The molecular formula is C14H23N. The third-order valence-corrected chi connectivity index (χ3v) is 3.80. The van der Waals surface area contributed by atoms with E-state index >= 15 is 0 Å². The standard InChI is InChI=1S/C14H23N/c1-5-11-7-6-8-12-10(2)9-14(3,4)15-13(11)12/h6-7,10,12,15H,5,8-9H2,1-4H3. The summed E-state index contributed by atoms with van der Waals surface area (Å²) in [6, 6.07) is 0. The van der Waals surface area contributed by atoms with E-state index in [9.17, 15) is 0 Å². The number of hydrogen-bond acceptors (Lipinski definition) is 1. The third kappa shape index (κ3) is 1.97. The van der Waals surface area contributed by atoms with Crippen LogP contribution in [-0.2, 0) is 0 Å². The summed E-state index contributed by atoms with van der Waals surface area (Å²) in [5.41, 5.74) is 3.33. The van der Waals surface area contributed by atoms with Gasteiger partial charge in [-0.05, 0) is 44.6 Å². The van der Waals surface area contributed by atoms with Gasteiger partial charge in [0.1, 0.15) is 0 Å². The van der Waals surface area contributed by atoms with Crippen LogP contribution in [0, 0.1) is 11.8 Å². The summed E-state index contributed by atoms with van der Waals surface area (Å²) in [5, 5.41) is 3.75. The van der Waals surface area contributed by atoms with E-state index in [1.54, 1.807) is 0 Å². The molecule has 0 saturated carbocycles. The molecule has 1 heterocycles. The average molecular weight is 205 g/mol. The average Bonchev–Trinajstić information content (AvgIpc) is 2.15. The summed E-state index contributed by atoms with van der Waals surface area (Å²) in [6.45, 7) is 9.29. The van der Waals surface area contributed by atoms with Crippen LogP contribution in [0.3, 0.4) is 0 Å². The fourth-order valence-corrected chi connectivity index (χ4v) is 3.16. The van der Waals surface area contributed by atoms with Gasteiger partial charge in [0.2, 0.25) is 0 Å². The lowest BCUT2D eigenvalue weighted by Gasteiger charge is -2.45. The van der Waals surface area contributed by atoms with E-state index in [0.717, 1.165) is 18.3 Å². The van der Waals surface area contributed by atoms with Crippen molar-refractivity contribution in [2.75, 3.05) is 0 Å². The Morgan fingerprint density at radius 2 is 2.20 bits per heavy atom. The summed E-state index contributed by atoms with van der Waals surface area (Å²) in [4.78, 5) is 0. The first-order chi connectivity index (χ1) is 7.03. The third-order valence-electron chi connectivity index (χ3n) is 3.80. The van der Waals surface area contributed by atoms with Crippen molar-refractivity contribution in [1.82, 2.24) is 5.32 Å². The minimum atomic E-state index is 0.275. The Morgan fingerprint density at radius 1 is 1.47 bits per heavy atom. The first-order valence-corrected chi connectivity index (χ1v) is 6.21. The molecule has 0 radical (unpaired) electrons. The highest BCUT2D eigenvalue weighted by Crippen LogP contribution is 2.40. The second kappa shape index (κ2) is 3.70. The molecule has 0 spiro atoms. The maximum atomic E-state index is 3.75. The molecule has 2 atom stereocenters. The Hall–Kier alpha value is -0.720. The molecule has 1 fully saturated rings. The van der Waals surface area contributed by atoms with Gasteiger partial charge in [-0.1, -0.05) is 26.0 Å². The van der Waals surface area contributed by atoms with Crippen LogP contribution in [0.2, 0.25) is 0 Å². The minimum Gasteiger partial charge on any atom is -0.383 e. The van der Waals surface area contributed by atoms with Crippen LogP contribution in [0.4, 0.5) is 0 Å². The van der Waals surface area contributed by atoms with Gasteiger partial charge in [0.05, 0.1) is 0 Å². The molecule has 2 rings (SSSR count). The second-order valence-corrected chi connectivity index (χ2v) is 5.73. The largest absolute Gasteiger partial charge is 0.383 e. The van der Waals surface area contributed by atoms with Crippen LogP contribution >= 0.6 is 0 Å². The smallest absolute Gasteiger partial charge is 0.0317 e. The Bertz CT molecular complexity index is 309. The summed E-state index contributed by atoms with van der Waals surface area (Å²) < 4.78 is 0. The molecule has 15 heavy (non-hydrogen) atoms. The van der Waals surface area contributed by atoms with Gasteiger partial charge in [0.15, 0.2) is 0 Å². The van der Waals surface area contributed by atoms with Crippen molar-refractivity contribution in [3.8, 4) is 0 Å². The quantitative estimate of drug-likeness (QED) is 0.689. The van der Waals surface area contributed by atoms with E-state index in [1.807, 2.05) is 0 Å². The van der Waals surface area contributed by atoms with Gasteiger partial charge in [-0.15, -0.1) is 0 Å². The Balaban J connectivity index is 2.34. The van der Waals surface area contributed by atoms with Crippen molar-refractivity contribution >= 4 is 0 Å². The van der Waals surface area contributed by atoms with E-state index in [-0.39, 0.29) is 5.54 Å². The van der Waals surface area contributed by atoms with Crippen molar-refractivity contribution in [2.24, 2.45) is 11.8 Å². The highest BCUT2D eigenvalue weighted by Gasteiger charge is 2.36. The zero-order chi connectivity index (χ0) is 11.1. The second-order valence-electron chi connectivity index (χ2n) is 5.73. The molecule has 1 aliphatic carbocycles. The molecule has 2 aliphatic rings. The topological polar surface area (TPSA) is 12.0 Å². The van der Waals surface area contributed by atoms with Gasteiger partial charge >= 0.3 is 0 Å². The van der Waals surface area contributed by atoms with E-state index in [1.165, 1.54) is 24.1 Å². The van der Waals surface area contributed by atoms with Crippen LogP contribution in [0.1, 0.15) is 47.0 Å². The van der Waals surface area contributed by atoms with E-state index in [2.05, 4.69) is 45.2 Å². The molecule has 0 aromatic carbocycles. The zero-order valence-corrected chi connectivity index (χ0v) is 10.4. The van der Waals surface area contributed by atoms with Gasteiger partial charge in [-0.25, -0.2) is 0 Å². The Morgan fingerprint density at radius 3 is 2.87 bits per heavy atom. The molecule has 1 nitrogen and oxygen atoms in total. The molecular weight excluding hydrogens is 182 g/mol. The number of piperidine rings is 1. The number of nitrogens with one attached hydrogen (secondary N) is 1. The van der Waals surface area contributed by atoms with Gasteiger partial charge in [0, 0.05) is 17.2 Å². The van der Waals surface area contributed by atoms with Crippen molar-refractivity contribution in [2.45, 2.75) is 52.5 Å². The lowest BCUT2D eigenvalue weighted by atomic mass is 9.72. The summed E-state index contributed by atoms with van der Waals surface area (Å²) in [6.07, 6.45) is 8.32. The molecule has 1 heteroatoms. The van der Waals surface area contributed by atoms with Crippen LogP contribution in [-0.4, -0.2) is 5.54 Å². The maximum Gasteiger partial charge on any atom is 0.0317 e. The number of rotatable bonds is 1. The van der Waals surface area contributed by atoms with Gasteiger partial charge in [-0.3, -0.25) is 0 Å². The van der Waals surface area contributed by atoms with Crippen molar-refractivity contribution in [3.05, 3.63) is 23.4 Å². The zero-order valence-electron chi connectivity index (χ0n) is 10.4. The lowest BCUT2D eigenvalue weighted by molar-refractivity contribution is 0.211. The highest BCUT2D eigenvalue weighted by molar-refractivity contribution is 5.33. The van der Waals surface area contributed by atoms with Gasteiger partial charge < -0.3 is 5.32 Å². The number of allylic oxidation sites excluding steroid dienone is 4. The van der Waals surface area contributed by atoms with Crippen LogP contribution in [0.5, 0.6) is 0 Å². The van der Waals surface area contributed by atoms with Gasteiger partial charge in [0.25, 0.3) is 0 Å². The Kier molecular flexibility index (Phi) is 2.66. The van der Waals surface area contributed by atoms with Crippen LogP contribution in [0.25, 0.3) is 0 Å². The van der Waals surface area contributed by atoms with E-state index in [4.69, 9.17) is 0 Å². The molecule has 0 aromatic heterocycles. The first-order valence-electron chi connectivity index (χ1n) is 6.21. The summed E-state index contributed by atoms with van der Waals surface area (Å²) >= 11 is 0. The Labute approximate surface area is 93.6 Å². The predicted molar refractivity (Wildman–Crippen MR) is 65.6 cm³/mol. The molecule has 0 aromatic rings. The van der Waals surface area contributed by atoms with Crippen molar-refractivity contribution < 1.29 is 0 Å². The fourth-order valence-electron chi connectivity index (χ4n) is 3.16. The molecule has 1 aliphatic heterocycles. The lowest BCUT2D eigenvalue weighted by Crippen LogP contribution is -2.49. The normalized spacial score (nSPS) is 33.6. The summed E-state index contributed by atoms with van der Waals surface area (Å²) in [7, 11) is 0. The molecule has 0 bridgehead atoms. The van der Waals surface area contributed by atoms with E-state index in [0.29, 0.717) is 0 Å². The number of fused-ring (bicyclic) bond motifs is 1. The monoisotopic (exact) mass is 205 g/mol. The number of hydrogen-bond donors (Lipinski definition) is 1.